The number of aliphatic hydroxyl groups is 1. The van der Waals surface area contributed by atoms with Crippen LogP contribution < -0.4 is 5.32 Å². The summed E-state index contributed by atoms with van der Waals surface area (Å²) in [4.78, 5) is 14.6. The summed E-state index contributed by atoms with van der Waals surface area (Å²) in [5.41, 5.74) is 0.480. The van der Waals surface area contributed by atoms with Gasteiger partial charge in [-0.25, -0.2) is 0 Å². The summed E-state index contributed by atoms with van der Waals surface area (Å²) in [5.74, 6) is 2.87. The van der Waals surface area contributed by atoms with Crippen LogP contribution in [0.4, 0.5) is 0 Å². The van der Waals surface area contributed by atoms with Crippen molar-refractivity contribution in [3.63, 3.8) is 0 Å². The quantitative estimate of drug-likeness (QED) is 0.290. The van der Waals surface area contributed by atoms with Crippen LogP contribution in [0.5, 0.6) is 0 Å². The van der Waals surface area contributed by atoms with Crippen LogP contribution >= 0.6 is 0 Å². The lowest BCUT2D eigenvalue weighted by molar-refractivity contribution is -0.244. The normalized spacial score (nSPS) is 45.6. The van der Waals surface area contributed by atoms with Gasteiger partial charge in [-0.15, -0.1) is 0 Å². The zero-order valence-electron chi connectivity index (χ0n) is 31.1. The molecular weight excluding hydrogens is 608 g/mol. The molecule has 48 heavy (non-hydrogen) atoms. The fraction of sp³-hybridized carbons (Fsp3) is 0.974. The molecule has 12 unspecified atom stereocenters. The molecule has 2 N–H and O–H groups in total. The predicted molar refractivity (Wildman–Crippen MR) is 183 cm³/mol. The van der Waals surface area contributed by atoms with Gasteiger partial charge >= 0.3 is 0 Å². The number of methoxy groups -OCH3 is 1. The van der Waals surface area contributed by atoms with Crippen LogP contribution in [-0.2, 0) is 28.5 Å². The molecule has 0 radical (unpaired) electrons. The highest BCUT2D eigenvalue weighted by atomic mass is 16.7. The van der Waals surface area contributed by atoms with Gasteiger partial charge in [-0.3, -0.25) is 9.69 Å². The van der Waals surface area contributed by atoms with Crippen molar-refractivity contribution >= 4 is 5.91 Å². The van der Waals surface area contributed by atoms with Gasteiger partial charge in [0.25, 0.3) is 0 Å². The summed E-state index contributed by atoms with van der Waals surface area (Å²) in [6.45, 7) is 17.4. The zero-order chi connectivity index (χ0) is 34.1. The van der Waals surface area contributed by atoms with Crippen LogP contribution in [0.1, 0.15) is 106 Å². The number of ether oxygens (including phenoxy) is 5. The second-order valence-electron chi connectivity index (χ2n) is 18.4. The first kappa shape index (κ1) is 35.6. The molecule has 0 bridgehead atoms. The first-order chi connectivity index (χ1) is 22.8. The van der Waals surface area contributed by atoms with Gasteiger partial charge in [0.1, 0.15) is 6.10 Å². The van der Waals surface area contributed by atoms with Gasteiger partial charge in [0.05, 0.1) is 50.2 Å². The van der Waals surface area contributed by atoms with Crippen LogP contribution in [0.2, 0.25) is 0 Å². The maximum Gasteiger partial charge on any atom is 0.234 e. The molecule has 2 spiro atoms. The van der Waals surface area contributed by atoms with E-state index >= 15 is 0 Å². The van der Waals surface area contributed by atoms with Crippen molar-refractivity contribution < 1.29 is 33.6 Å². The van der Waals surface area contributed by atoms with Crippen molar-refractivity contribution in [1.82, 2.24) is 10.2 Å². The van der Waals surface area contributed by atoms with Crippen molar-refractivity contribution in [2.24, 2.45) is 45.3 Å². The Hall–Kier alpha value is -0.810. The van der Waals surface area contributed by atoms with Crippen molar-refractivity contribution in [2.45, 2.75) is 142 Å². The summed E-state index contributed by atoms with van der Waals surface area (Å²) in [7, 11) is 1.65. The number of carbonyl (C=O) groups is 1. The van der Waals surface area contributed by atoms with Gasteiger partial charge in [-0.1, -0.05) is 20.8 Å². The fourth-order valence-electron chi connectivity index (χ4n) is 13.3. The number of fused-ring (bicyclic) bond motifs is 4. The molecule has 2 saturated heterocycles. The molecule has 12 atom stereocenters. The maximum absolute atomic E-state index is 12.5. The number of morpholine rings is 1. The SMILES string of the molecule is CCOC(C1CCC2C(CC3C4CCC5C(C)(C)C(OC6CN(CC(=O)NCCOC)CCO6)CCC56CC46CCC23C)O1)C(C)(C)O. The van der Waals surface area contributed by atoms with Crippen molar-refractivity contribution in [3.05, 3.63) is 0 Å². The lowest BCUT2D eigenvalue weighted by Crippen LogP contribution is -2.56. The molecule has 0 aromatic heterocycles. The molecule has 2 heterocycles. The standard InChI is InChI=1S/C39H66N2O7/c1-8-45-34(36(4,5)43)28-11-9-26-29(47-28)21-27-25-10-12-30-35(2,3)31(13-14-39(30)24-38(25,39)16-15-37(26,27)6)48-33-23-41(18-20-46-33)22-32(42)40-17-19-44-7/h25-31,33-34,43H,8-24H2,1-7H3,(H,40,42). The summed E-state index contributed by atoms with van der Waals surface area (Å²) in [5, 5.41) is 13.9. The van der Waals surface area contributed by atoms with Crippen LogP contribution in [0.3, 0.4) is 0 Å². The number of nitrogens with zero attached hydrogens (tertiary/aromatic N) is 1. The minimum absolute atomic E-state index is 0.0266. The Balaban J connectivity index is 1.00. The topological polar surface area (TPSA) is 98.7 Å². The Morgan fingerprint density at radius 3 is 2.58 bits per heavy atom. The summed E-state index contributed by atoms with van der Waals surface area (Å²) < 4.78 is 31.1. The van der Waals surface area contributed by atoms with Crippen LogP contribution in [-0.4, -0.2) is 105 Å². The Morgan fingerprint density at radius 2 is 1.83 bits per heavy atom. The highest BCUT2D eigenvalue weighted by Crippen LogP contribution is 2.87. The van der Waals surface area contributed by atoms with E-state index in [0.29, 0.717) is 73.6 Å². The monoisotopic (exact) mass is 674 g/mol. The van der Waals surface area contributed by atoms with E-state index in [2.05, 4.69) is 31.0 Å². The van der Waals surface area contributed by atoms with E-state index in [-0.39, 0.29) is 35.9 Å². The smallest absolute Gasteiger partial charge is 0.234 e. The summed E-state index contributed by atoms with van der Waals surface area (Å²) in [6, 6.07) is 0. The van der Waals surface area contributed by atoms with Crippen molar-refractivity contribution in [2.75, 3.05) is 53.1 Å². The molecule has 7 fully saturated rings. The third-order valence-corrected chi connectivity index (χ3v) is 15.4. The Morgan fingerprint density at radius 1 is 1.04 bits per heavy atom. The van der Waals surface area contributed by atoms with Gasteiger partial charge in [-0.2, -0.15) is 0 Å². The molecular formula is C39H66N2O7. The van der Waals surface area contributed by atoms with E-state index in [9.17, 15) is 9.90 Å². The summed E-state index contributed by atoms with van der Waals surface area (Å²) in [6.07, 6.45) is 12.4. The van der Waals surface area contributed by atoms with E-state index in [1.54, 1.807) is 7.11 Å². The molecule has 5 aliphatic carbocycles. The molecule has 7 rings (SSSR count). The molecule has 0 aromatic rings. The second kappa shape index (κ2) is 13.0. The van der Waals surface area contributed by atoms with Gasteiger partial charge in [0.2, 0.25) is 5.91 Å². The Bertz CT molecular complexity index is 1180. The third-order valence-electron chi connectivity index (χ3n) is 15.4. The van der Waals surface area contributed by atoms with Crippen LogP contribution in [0, 0.1) is 45.3 Å². The molecule has 2 aliphatic heterocycles. The minimum Gasteiger partial charge on any atom is -0.388 e. The molecule has 7 aliphatic rings. The average molecular weight is 675 g/mol. The Labute approximate surface area is 289 Å². The molecule has 1 amide bonds. The van der Waals surface area contributed by atoms with Gasteiger partial charge in [-0.05, 0) is 130 Å². The van der Waals surface area contributed by atoms with Gasteiger partial charge < -0.3 is 34.1 Å². The van der Waals surface area contributed by atoms with Crippen LogP contribution in [0.15, 0.2) is 0 Å². The van der Waals surface area contributed by atoms with Gasteiger partial charge in [0.15, 0.2) is 6.29 Å². The van der Waals surface area contributed by atoms with E-state index in [4.69, 9.17) is 23.7 Å². The second-order valence-corrected chi connectivity index (χ2v) is 18.4. The van der Waals surface area contributed by atoms with E-state index in [1.165, 1.54) is 51.4 Å². The highest BCUT2D eigenvalue weighted by molar-refractivity contribution is 5.78. The number of carbonyl (C=O) groups excluding carboxylic acids is 1. The van der Waals surface area contributed by atoms with Crippen molar-refractivity contribution in [1.29, 1.82) is 0 Å². The number of amides is 1. The summed E-state index contributed by atoms with van der Waals surface area (Å²) >= 11 is 0. The van der Waals surface area contributed by atoms with E-state index in [0.717, 1.165) is 31.2 Å². The first-order valence-corrected chi connectivity index (χ1v) is 19.5. The number of hydrogen-bond donors (Lipinski definition) is 2. The van der Waals surface area contributed by atoms with Crippen molar-refractivity contribution in [3.8, 4) is 0 Å². The Kier molecular flexibility index (Phi) is 9.64. The minimum atomic E-state index is -0.913. The zero-order valence-corrected chi connectivity index (χ0v) is 31.1. The lowest BCUT2D eigenvalue weighted by Gasteiger charge is -2.60. The fourth-order valence-corrected chi connectivity index (χ4v) is 13.3. The molecule has 5 saturated carbocycles. The highest BCUT2D eigenvalue weighted by Gasteiger charge is 2.80. The number of rotatable bonds is 11. The number of hydrogen-bond acceptors (Lipinski definition) is 8. The molecule has 274 valence electrons. The molecule has 9 nitrogen and oxygen atoms in total. The molecule has 0 aromatic carbocycles. The third kappa shape index (κ3) is 5.81. The number of nitrogens with one attached hydrogen (secondary N) is 1. The van der Waals surface area contributed by atoms with E-state index < -0.39 is 5.60 Å². The molecule has 9 heteroatoms. The lowest BCUT2D eigenvalue weighted by atomic mass is 9.46. The predicted octanol–water partition coefficient (Wildman–Crippen LogP) is 5.18. The van der Waals surface area contributed by atoms with Gasteiger partial charge in [0, 0.05) is 26.8 Å². The average Bonchev–Trinajstić information content (AvgIpc) is 3.61. The maximum atomic E-state index is 12.5. The van der Waals surface area contributed by atoms with E-state index in [1.807, 2.05) is 20.8 Å². The first-order valence-electron chi connectivity index (χ1n) is 19.5. The largest absolute Gasteiger partial charge is 0.388 e. The van der Waals surface area contributed by atoms with Crippen LogP contribution in [0.25, 0.3) is 0 Å².